The summed E-state index contributed by atoms with van der Waals surface area (Å²) in [5.41, 5.74) is 0.346. The molecule has 118 valence electrons. The minimum atomic E-state index is -1.08. The van der Waals surface area contributed by atoms with Crippen molar-refractivity contribution in [1.29, 1.82) is 0 Å². The van der Waals surface area contributed by atoms with Gasteiger partial charge in [0.2, 0.25) is 0 Å². The molecule has 0 spiro atoms. The second kappa shape index (κ2) is 6.14. The Morgan fingerprint density at radius 1 is 1.33 bits per heavy atom. The molecule has 2 aliphatic rings. The summed E-state index contributed by atoms with van der Waals surface area (Å²) in [7, 11) is -1.08. The van der Waals surface area contributed by atoms with E-state index >= 15 is 0 Å². The first-order valence-electron chi connectivity index (χ1n) is 7.70. The van der Waals surface area contributed by atoms with Crippen LogP contribution in [0, 0.1) is 5.41 Å². The van der Waals surface area contributed by atoms with Crippen molar-refractivity contribution >= 4 is 19.6 Å². The Bertz CT molecular complexity index is 463. The van der Waals surface area contributed by atoms with Crippen molar-refractivity contribution in [3.05, 3.63) is 11.6 Å². The Hall–Kier alpha value is -0.783. The summed E-state index contributed by atoms with van der Waals surface area (Å²) in [5, 5.41) is 0. The lowest BCUT2D eigenvalue weighted by atomic mass is 9.74. The number of hydrogen-bond acceptors (Lipinski definition) is 4. The maximum atomic E-state index is 12.1. The lowest BCUT2D eigenvalue weighted by molar-refractivity contribution is -0.123. The minimum Gasteiger partial charge on any atom is -0.356 e. The van der Waals surface area contributed by atoms with E-state index in [0.29, 0.717) is 31.4 Å². The van der Waals surface area contributed by atoms with Crippen molar-refractivity contribution in [1.82, 2.24) is 0 Å². The summed E-state index contributed by atoms with van der Waals surface area (Å²) in [6.07, 6.45) is 2.94. The number of allylic oxidation sites excluding steroid dienone is 1. The van der Waals surface area contributed by atoms with E-state index in [4.69, 9.17) is 9.47 Å². The third kappa shape index (κ3) is 3.90. The van der Waals surface area contributed by atoms with Gasteiger partial charge >= 0.3 is 0 Å². The van der Waals surface area contributed by atoms with E-state index in [1.54, 1.807) is 0 Å². The third-order valence-corrected chi connectivity index (χ3v) is 6.25. The molecule has 21 heavy (non-hydrogen) atoms. The van der Waals surface area contributed by atoms with Crippen LogP contribution < -0.4 is 0 Å². The Kier molecular flexibility index (Phi) is 4.85. The van der Waals surface area contributed by atoms with Crippen LogP contribution in [0.25, 0.3) is 0 Å². The molecule has 0 N–H and O–H groups in total. The zero-order valence-corrected chi connectivity index (χ0v) is 14.5. The van der Waals surface area contributed by atoms with Gasteiger partial charge in [0, 0.05) is 38.5 Å². The lowest BCUT2D eigenvalue weighted by Gasteiger charge is -2.33. The van der Waals surface area contributed by atoms with Gasteiger partial charge in [0.05, 0.1) is 6.10 Å². The molecule has 5 heteroatoms. The van der Waals surface area contributed by atoms with Crippen molar-refractivity contribution < 1.29 is 19.1 Å². The van der Waals surface area contributed by atoms with E-state index in [9.17, 15) is 9.59 Å². The largest absolute Gasteiger partial charge is 0.356 e. The van der Waals surface area contributed by atoms with Crippen LogP contribution >= 0.6 is 0 Å². The average molecular weight is 310 g/mol. The van der Waals surface area contributed by atoms with Crippen molar-refractivity contribution in [2.24, 2.45) is 5.41 Å². The summed E-state index contributed by atoms with van der Waals surface area (Å²) in [6, 6.07) is 1.11. The smallest absolute Gasteiger partial charge is 0.162 e. The highest BCUT2D eigenvalue weighted by Crippen LogP contribution is 2.48. The molecule has 1 saturated carbocycles. The fourth-order valence-electron chi connectivity index (χ4n) is 2.96. The number of ketones is 2. The van der Waals surface area contributed by atoms with Gasteiger partial charge < -0.3 is 9.47 Å². The Morgan fingerprint density at radius 2 is 2.05 bits per heavy atom. The van der Waals surface area contributed by atoms with E-state index in [1.165, 1.54) is 6.08 Å². The van der Waals surface area contributed by atoms with E-state index in [2.05, 4.69) is 19.6 Å². The fraction of sp³-hybridized carbons (Fsp3) is 0.750. The summed E-state index contributed by atoms with van der Waals surface area (Å²) in [5.74, 6) is 0.112. The van der Waals surface area contributed by atoms with Crippen molar-refractivity contribution in [2.45, 2.75) is 58.0 Å². The van der Waals surface area contributed by atoms with Crippen molar-refractivity contribution in [3.8, 4) is 0 Å². The van der Waals surface area contributed by atoms with Gasteiger partial charge in [0.1, 0.15) is 6.79 Å². The SMILES string of the molecule is C[C@]12CCC(=O)C=C1C(=O)C[C@@H]2OCOCC[Si](C)(C)C. The first-order chi connectivity index (χ1) is 9.72. The number of Topliss-reactive ketones (excluding diaryl/α,β-unsaturated/α-hetero) is 1. The monoisotopic (exact) mass is 310 g/mol. The van der Waals surface area contributed by atoms with Gasteiger partial charge in [-0.05, 0) is 18.5 Å². The second-order valence-electron chi connectivity index (χ2n) is 7.56. The molecule has 0 amide bonds. The van der Waals surface area contributed by atoms with E-state index in [-0.39, 0.29) is 29.9 Å². The fourth-order valence-corrected chi connectivity index (χ4v) is 3.72. The van der Waals surface area contributed by atoms with Gasteiger partial charge in [-0.15, -0.1) is 0 Å². The molecule has 2 atom stereocenters. The average Bonchev–Trinajstić information content (AvgIpc) is 2.61. The molecule has 0 aromatic heterocycles. The highest BCUT2D eigenvalue weighted by Gasteiger charge is 2.50. The van der Waals surface area contributed by atoms with Gasteiger partial charge in [-0.3, -0.25) is 9.59 Å². The number of hydrogen-bond donors (Lipinski definition) is 0. The quantitative estimate of drug-likeness (QED) is 0.430. The van der Waals surface area contributed by atoms with Crippen LogP contribution in [0.1, 0.15) is 26.2 Å². The predicted molar refractivity (Wildman–Crippen MR) is 83.9 cm³/mol. The summed E-state index contributed by atoms with van der Waals surface area (Å²) in [6.45, 7) is 9.91. The van der Waals surface area contributed by atoms with E-state index in [0.717, 1.165) is 6.04 Å². The van der Waals surface area contributed by atoms with Gasteiger partial charge in [-0.2, -0.15) is 0 Å². The molecule has 0 aromatic rings. The van der Waals surface area contributed by atoms with Crippen LogP contribution in [-0.4, -0.2) is 39.1 Å². The number of carbonyl (C=O) groups excluding carboxylic acids is 2. The van der Waals surface area contributed by atoms with Crippen LogP contribution in [0.4, 0.5) is 0 Å². The predicted octanol–water partition coefficient (Wildman–Crippen LogP) is 2.95. The maximum absolute atomic E-state index is 12.1. The maximum Gasteiger partial charge on any atom is 0.162 e. The molecular weight excluding hydrogens is 284 g/mol. The van der Waals surface area contributed by atoms with Gasteiger partial charge in [0.15, 0.2) is 11.6 Å². The van der Waals surface area contributed by atoms with Crippen LogP contribution in [0.2, 0.25) is 25.7 Å². The third-order valence-electron chi connectivity index (χ3n) is 4.54. The van der Waals surface area contributed by atoms with Crippen molar-refractivity contribution in [2.75, 3.05) is 13.4 Å². The second-order valence-corrected chi connectivity index (χ2v) is 13.2. The molecule has 0 aromatic carbocycles. The lowest BCUT2D eigenvalue weighted by Crippen LogP contribution is -2.34. The number of ether oxygens (including phenoxy) is 2. The van der Waals surface area contributed by atoms with Gasteiger partial charge in [-0.25, -0.2) is 0 Å². The Labute approximate surface area is 127 Å². The first-order valence-corrected chi connectivity index (χ1v) is 11.4. The Morgan fingerprint density at radius 3 is 2.71 bits per heavy atom. The molecule has 0 saturated heterocycles. The van der Waals surface area contributed by atoms with Crippen LogP contribution in [-0.2, 0) is 19.1 Å². The van der Waals surface area contributed by atoms with Crippen LogP contribution in [0.5, 0.6) is 0 Å². The highest BCUT2D eigenvalue weighted by molar-refractivity contribution is 6.76. The number of rotatable bonds is 6. The molecular formula is C16H26O4Si. The summed E-state index contributed by atoms with van der Waals surface area (Å²) in [4.78, 5) is 23.6. The van der Waals surface area contributed by atoms with Gasteiger partial charge in [0.25, 0.3) is 0 Å². The summed E-state index contributed by atoms with van der Waals surface area (Å²) < 4.78 is 11.4. The molecule has 2 rings (SSSR count). The Balaban J connectivity index is 1.86. The number of fused-ring (bicyclic) bond motifs is 1. The molecule has 0 aliphatic heterocycles. The normalized spacial score (nSPS) is 29.5. The zero-order chi connectivity index (χ0) is 15.7. The molecule has 0 radical (unpaired) electrons. The van der Waals surface area contributed by atoms with E-state index < -0.39 is 8.07 Å². The molecule has 2 aliphatic carbocycles. The summed E-state index contributed by atoms with van der Waals surface area (Å²) >= 11 is 0. The molecule has 1 fully saturated rings. The zero-order valence-electron chi connectivity index (χ0n) is 13.5. The van der Waals surface area contributed by atoms with Crippen molar-refractivity contribution in [3.63, 3.8) is 0 Å². The minimum absolute atomic E-state index is 0.0534. The molecule has 0 heterocycles. The first kappa shape index (κ1) is 16.6. The topological polar surface area (TPSA) is 52.6 Å². The molecule has 4 nitrogen and oxygen atoms in total. The van der Waals surface area contributed by atoms with Crippen LogP contribution in [0.3, 0.4) is 0 Å². The number of carbonyl (C=O) groups is 2. The highest BCUT2D eigenvalue weighted by atomic mass is 28.3. The molecule has 0 unspecified atom stereocenters. The van der Waals surface area contributed by atoms with E-state index in [1.807, 2.05) is 6.92 Å². The standard InChI is InChI=1S/C16H26O4Si/c1-16-6-5-12(17)9-13(16)14(18)10-15(16)20-11-19-7-8-21(2,3)4/h9,15H,5-8,10-11H2,1-4H3/t15-,16-/m0/s1. The van der Waals surface area contributed by atoms with Gasteiger partial charge in [-0.1, -0.05) is 26.6 Å². The molecule has 0 bridgehead atoms. The van der Waals surface area contributed by atoms with Crippen LogP contribution in [0.15, 0.2) is 11.6 Å².